The summed E-state index contributed by atoms with van der Waals surface area (Å²) in [4.78, 5) is 58.2. The Labute approximate surface area is 277 Å². The Hall–Kier alpha value is -3.62. The number of halogens is 1. The molecule has 0 bridgehead atoms. The SMILES string of the molecule is CC(C)C(=O)Nc1nc2c(ncn2C2OC(CO)C(O)C2O)c(=O)[nH]1.CI.Nc1nc2c(ncn2C2OC(CO)C(O)C2O)c(=O)[nH]1. The quantitative estimate of drug-likeness (QED) is 0.0677. The summed E-state index contributed by atoms with van der Waals surface area (Å²) in [6.45, 7) is 2.45. The van der Waals surface area contributed by atoms with Crippen LogP contribution in [-0.2, 0) is 14.3 Å². The highest BCUT2D eigenvalue weighted by atomic mass is 127. The topological polar surface area (TPSA) is 322 Å². The van der Waals surface area contributed by atoms with Crippen molar-refractivity contribution < 1.29 is 44.9 Å². The van der Waals surface area contributed by atoms with Crippen molar-refractivity contribution in [2.75, 3.05) is 29.2 Å². The van der Waals surface area contributed by atoms with Crippen LogP contribution in [0.15, 0.2) is 22.2 Å². The van der Waals surface area contributed by atoms with Crippen LogP contribution in [0.25, 0.3) is 22.3 Å². The molecule has 8 unspecified atom stereocenters. The number of nitrogens with one attached hydrogen (secondary N) is 3. The second-order valence-electron chi connectivity index (χ2n) is 10.6. The molecule has 0 radical (unpaired) electrons. The maximum atomic E-state index is 12.1. The van der Waals surface area contributed by atoms with Crippen molar-refractivity contribution in [1.29, 1.82) is 0 Å². The second kappa shape index (κ2) is 15.1. The first-order valence-corrected chi connectivity index (χ1v) is 16.1. The van der Waals surface area contributed by atoms with Crippen LogP contribution in [0.2, 0.25) is 0 Å². The number of imidazole rings is 2. The molecule has 47 heavy (non-hydrogen) atoms. The van der Waals surface area contributed by atoms with Crippen LogP contribution in [-0.4, -0.2) is 130 Å². The lowest BCUT2D eigenvalue weighted by Gasteiger charge is -2.16. The predicted octanol–water partition coefficient (Wildman–Crippen LogP) is -3.31. The number of anilines is 2. The summed E-state index contributed by atoms with van der Waals surface area (Å²) in [6.07, 6.45) is -6.67. The Kier molecular flexibility index (Phi) is 11.6. The molecular formula is C25H35IN10O11. The number of rotatable bonds is 6. The van der Waals surface area contributed by atoms with Gasteiger partial charge in [0, 0.05) is 5.92 Å². The molecule has 2 saturated heterocycles. The molecule has 11 N–H and O–H groups in total. The number of aliphatic hydroxyl groups is 6. The number of alkyl halides is 1. The van der Waals surface area contributed by atoms with Crippen molar-refractivity contribution in [1.82, 2.24) is 39.0 Å². The van der Waals surface area contributed by atoms with Gasteiger partial charge in [0.25, 0.3) is 11.1 Å². The van der Waals surface area contributed by atoms with Crippen molar-refractivity contribution in [2.24, 2.45) is 5.92 Å². The number of hydrogen-bond donors (Lipinski definition) is 10. The highest BCUT2D eigenvalue weighted by Crippen LogP contribution is 2.32. The smallest absolute Gasteiger partial charge is 0.280 e. The lowest BCUT2D eigenvalue weighted by molar-refractivity contribution is -0.118. The standard InChI is InChI=1S/C14H19N5O6.C10H13N5O5.CH3I/c1-5(2)11(23)17-14-16-10-7(12(24)18-14)15-4-19(10)13-9(22)8(21)6(3-20)25-13;11-10-13-7-4(8(19)14-10)12-2-15(7)9-6(18)5(17)3(1-16)20-9;1-2/h4-6,8-9,13,20-22H,3H2,1-2H3,(H2,16,17,18,23,24);2-3,5-6,9,16-18H,1H2,(H3,11,13,14,19);1H3. The minimum Gasteiger partial charge on any atom is -0.394 e. The van der Waals surface area contributed by atoms with E-state index in [9.17, 15) is 39.9 Å². The van der Waals surface area contributed by atoms with Gasteiger partial charge in [0.1, 0.15) is 36.6 Å². The summed E-state index contributed by atoms with van der Waals surface area (Å²) < 4.78 is 13.3. The molecule has 0 saturated carbocycles. The van der Waals surface area contributed by atoms with Crippen molar-refractivity contribution in [2.45, 2.75) is 62.9 Å². The number of carbonyl (C=O) groups excluding carboxylic acids is 1. The molecule has 2 fully saturated rings. The number of aromatic amines is 2. The number of amides is 1. The monoisotopic (exact) mass is 778 g/mol. The van der Waals surface area contributed by atoms with Gasteiger partial charge < -0.3 is 45.8 Å². The molecule has 0 aromatic carbocycles. The van der Waals surface area contributed by atoms with Gasteiger partial charge in [-0.25, -0.2) is 9.97 Å². The van der Waals surface area contributed by atoms with Gasteiger partial charge in [0.2, 0.25) is 17.8 Å². The van der Waals surface area contributed by atoms with Crippen molar-refractivity contribution >= 4 is 62.7 Å². The molecule has 6 rings (SSSR count). The maximum Gasteiger partial charge on any atom is 0.280 e. The molecule has 258 valence electrons. The molecule has 2 aliphatic rings. The maximum absolute atomic E-state index is 12.1. The number of ether oxygens (including phenoxy) is 2. The summed E-state index contributed by atoms with van der Waals surface area (Å²) in [5.74, 6) is -0.812. The van der Waals surface area contributed by atoms with Crippen LogP contribution >= 0.6 is 22.6 Å². The minimum absolute atomic E-state index is 0.0136. The Morgan fingerprint density at radius 3 is 1.74 bits per heavy atom. The van der Waals surface area contributed by atoms with E-state index in [-0.39, 0.29) is 46.0 Å². The number of nitrogen functional groups attached to an aromatic ring is 1. The molecule has 8 atom stereocenters. The molecule has 6 heterocycles. The average Bonchev–Trinajstić information content (AvgIpc) is 3.80. The molecule has 22 heteroatoms. The Morgan fingerprint density at radius 1 is 0.872 bits per heavy atom. The van der Waals surface area contributed by atoms with Gasteiger partial charge in [-0.15, -0.1) is 0 Å². The van der Waals surface area contributed by atoms with E-state index in [0.717, 1.165) is 0 Å². The molecule has 0 spiro atoms. The minimum atomic E-state index is -1.34. The van der Waals surface area contributed by atoms with E-state index >= 15 is 0 Å². The van der Waals surface area contributed by atoms with E-state index in [4.69, 9.17) is 20.3 Å². The lowest BCUT2D eigenvalue weighted by atomic mass is 10.1. The number of carbonyl (C=O) groups is 1. The number of hydrogen-bond acceptors (Lipinski definition) is 16. The third kappa shape index (κ3) is 7.14. The van der Waals surface area contributed by atoms with Gasteiger partial charge in [-0.3, -0.25) is 38.8 Å². The van der Waals surface area contributed by atoms with Crippen LogP contribution in [0.4, 0.5) is 11.9 Å². The fourth-order valence-electron chi connectivity index (χ4n) is 4.78. The second-order valence-corrected chi connectivity index (χ2v) is 10.6. The zero-order valence-electron chi connectivity index (χ0n) is 25.1. The first-order chi connectivity index (χ1) is 22.4. The predicted molar refractivity (Wildman–Crippen MR) is 170 cm³/mol. The summed E-state index contributed by atoms with van der Waals surface area (Å²) in [5.41, 5.74) is 4.59. The van der Waals surface area contributed by atoms with E-state index in [0.29, 0.717) is 0 Å². The number of aromatic nitrogens is 8. The van der Waals surface area contributed by atoms with Crippen LogP contribution < -0.4 is 22.2 Å². The van der Waals surface area contributed by atoms with Crippen molar-refractivity contribution in [3.05, 3.63) is 33.4 Å². The first-order valence-electron chi connectivity index (χ1n) is 14.0. The van der Waals surface area contributed by atoms with E-state index in [1.807, 2.05) is 4.93 Å². The zero-order valence-corrected chi connectivity index (χ0v) is 27.3. The van der Waals surface area contributed by atoms with Crippen molar-refractivity contribution in [3.63, 3.8) is 0 Å². The highest BCUT2D eigenvalue weighted by Gasteiger charge is 2.45. The van der Waals surface area contributed by atoms with Gasteiger partial charge >= 0.3 is 0 Å². The summed E-state index contributed by atoms with van der Waals surface area (Å²) in [6, 6.07) is 0. The van der Waals surface area contributed by atoms with Gasteiger partial charge in [-0.2, -0.15) is 9.97 Å². The summed E-state index contributed by atoms with van der Waals surface area (Å²) in [7, 11) is 0. The van der Waals surface area contributed by atoms with Crippen LogP contribution in [0.3, 0.4) is 0 Å². The van der Waals surface area contributed by atoms with Gasteiger partial charge in [-0.05, 0) is 4.93 Å². The number of H-pyrrole nitrogens is 2. The van der Waals surface area contributed by atoms with Gasteiger partial charge in [0.15, 0.2) is 34.8 Å². The summed E-state index contributed by atoms with van der Waals surface area (Å²) >= 11 is 2.15. The van der Waals surface area contributed by atoms with Gasteiger partial charge in [0.05, 0.1) is 25.9 Å². The van der Waals surface area contributed by atoms with Gasteiger partial charge in [-0.1, -0.05) is 36.4 Å². The molecule has 0 aliphatic carbocycles. The van der Waals surface area contributed by atoms with E-state index in [1.165, 1.54) is 21.8 Å². The number of fused-ring (bicyclic) bond motifs is 2. The molecule has 4 aromatic rings. The Balaban J connectivity index is 0.000000206. The molecular weight excluding hydrogens is 743 g/mol. The fraction of sp³-hybridized carbons (Fsp3) is 0.560. The lowest BCUT2D eigenvalue weighted by Crippen LogP contribution is -2.33. The first kappa shape index (κ1) is 36.2. The molecule has 21 nitrogen and oxygen atoms in total. The van der Waals surface area contributed by atoms with E-state index < -0.39 is 73.4 Å². The molecule has 1 amide bonds. The normalized spacial score (nSPS) is 27.0. The van der Waals surface area contributed by atoms with Crippen LogP contribution in [0, 0.1) is 5.92 Å². The third-order valence-electron chi connectivity index (χ3n) is 7.23. The molecule has 4 aromatic heterocycles. The average molecular weight is 779 g/mol. The fourth-order valence-corrected chi connectivity index (χ4v) is 4.78. The summed E-state index contributed by atoms with van der Waals surface area (Å²) in [5, 5.41) is 60.4. The number of aliphatic hydroxyl groups excluding tert-OH is 6. The van der Waals surface area contributed by atoms with E-state index in [2.05, 4.69) is 57.8 Å². The highest BCUT2D eigenvalue weighted by molar-refractivity contribution is 14.1. The van der Waals surface area contributed by atoms with Crippen LogP contribution in [0.5, 0.6) is 0 Å². The van der Waals surface area contributed by atoms with E-state index in [1.54, 1.807) is 13.8 Å². The Morgan fingerprint density at radius 2 is 1.32 bits per heavy atom. The zero-order chi connectivity index (χ0) is 34.7. The van der Waals surface area contributed by atoms with Crippen LogP contribution in [0.1, 0.15) is 26.3 Å². The third-order valence-corrected chi connectivity index (χ3v) is 7.23. The number of nitrogens with two attached hydrogens (primary N) is 1. The Bertz CT molecular complexity index is 1810. The number of nitrogens with zero attached hydrogens (tertiary/aromatic N) is 6. The largest absolute Gasteiger partial charge is 0.394 e. The van der Waals surface area contributed by atoms with Crippen molar-refractivity contribution in [3.8, 4) is 0 Å². The molecule has 2 aliphatic heterocycles.